The minimum Gasteiger partial charge on any atom is -0.491 e. The highest BCUT2D eigenvalue weighted by Crippen LogP contribution is 2.37. The molecule has 34 heavy (non-hydrogen) atoms. The SMILES string of the molecule is CCc1ccc2c(c1)CCC(CC)N2S(=O)(=O)c1cc(C(C)=O)c(OCC2CCOCC2)cn1. The predicted molar refractivity (Wildman–Crippen MR) is 131 cm³/mol. The summed E-state index contributed by atoms with van der Waals surface area (Å²) in [5.41, 5.74) is 3.18. The number of hydrogen-bond donors (Lipinski definition) is 0. The van der Waals surface area contributed by atoms with E-state index in [4.69, 9.17) is 9.47 Å². The monoisotopic (exact) mass is 486 g/mol. The van der Waals surface area contributed by atoms with Crippen LogP contribution in [-0.2, 0) is 27.6 Å². The molecule has 1 saturated heterocycles. The fourth-order valence-corrected chi connectivity index (χ4v) is 6.52. The fourth-order valence-electron chi connectivity index (χ4n) is 4.78. The van der Waals surface area contributed by atoms with Crippen LogP contribution in [0.15, 0.2) is 35.5 Å². The molecule has 2 aromatic rings. The second kappa shape index (κ2) is 10.4. The molecule has 1 fully saturated rings. The first-order chi connectivity index (χ1) is 16.3. The van der Waals surface area contributed by atoms with E-state index in [9.17, 15) is 13.2 Å². The van der Waals surface area contributed by atoms with Crippen LogP contribution in [-0.4, -0.2) is 45.0 Å². The molecule has 0 spiro atoms. The second-order valence-electron chi connectivity index (χ2n) is 9.16. The van der Waals surface area contributed by atoms with Gasteiger partial charge >= 0.3 is 0 Å². The third-order valence-corrected chi connectivity index (χ3v) is 8.66. The molecule has 8 heteroatoms. The summed E-state index contributed by atoms with van der Waals surface area (Å²) in [6, 6.07) is 7.22. The average Bonchev–Trinajstić information content (AvgIpc) is 2.86. The Morgan fingerprint density at radius 1 is 1.18 bits per heavy atom. The van der Waals surface area contributed by atoms with Crippen molar-refractivity contribution in [3.8, 4) is 5.75 Å². The summed E-state index contributed by atoms with van der Waals surface area (Å²) in [5, 5.41) is -0.123. The molecule has 2 aliphatic rings. The number of pyridine rings is 1. The summed E-state index contributed by atoms with van der Waals surface area (Å²) in [5.74, 6) is 0.427. The Kier molecular flexibility index (Phi) is 7.57. The Morgan fingerprint density at radius 3 is 2.62 bits per heavy atom. The van der Waals surface area contributed by atoms with Gasteiger partial charge in [-0.1, -0.05) is 26.0 Å². The lowest BCUT2D eigenvalue weighted by atomic mass is 9.94. The third-order valence-electron chi connectivity index (χ3n) is 6.90. The summed E-state index contributed by atoms with van der Waals surface area (Å²) in [4.78, 5) is 16.7. The van der Waals surface area contributed by atoms with Crippen LogP contribution in [0.3, 0.4) is 0 Å². The summed E-state index contributed by atoms with van der Waals surface area (Å²) < 4.78 is 40.6. The molecule has 0 aliphatic carbocycles. The first-order valence-electron chi connectivity index (χ1n) is 12.2. The number of rotatable bonds is 8. The molecule has 0 bridgehead atoms. The Balaban J connectivity index is 1.67. The van der Waals surface area contributed by atoms with E-state index in [0.29, 0.717) is 43.6 Å². The van der Waals surface area contributed by atoms with E-state index in [1.807, 2.05) is 19.1 Å². The quantitative estimate of drug-likeness (QED) is 0.508. The number of ether oxygens (including phenoxy) is 2. The average molecular weight is 487 g/mol. The van der Waals surface area contributed by atoms with Crippen molar-refractivity contribution in [3.05, 3.63) is 47.2 Å². The highest BCUT2D eigenvalue weighted by molar-refractivity contribution is 7.92. The molecular weight excluding hydrogens is 452 g/mol. The predicted octanol–water partition coefficient (Wildman–Crippen LogP) is 4.57. The molecule has 184 valence electrons. The lowest BCUT2D eigenvalue weighted by Crippen LogP contribution is -2.43. The summed E-state index contributed by atoms with van der Waals surface area (Å²) >= 11 is 0. The highest BCUT2D eigenvalue weighted by Gasteiger charge is 2.36. The molecule has 4 rings (SSSR count). The van der Waals surface area contributed by atoms with E-state index in [1.165, 1.54) is 29.1 Å². The molecule has 1 unspecified atom stereocenters. The van der Waals surface area contributed by atoms with Crippen molar-refractivity contribution >= 4 is 21.5 Å². The zero-order chi connectivity index (χ0) is 24.3. The van der Waals surface area contributed by atoms with Crippen molar-refractivity contribution in [2.24, 2.45) is 5.92 Å². The van der Waals surface area contributed by atoms with Gasteiger partial charge < -0.3 is 9.47 Å². The molecule has 0 amide bonds. The smallest absolute Gasteiger partial charge is 0.282 e. The maximum absolute atomic E-state index is 13.9. The molecule has 1 atom stereocenters. The van der Waals surface area contributed by atoms with Crippen molar-refractivity contribution in [3.63, 3.8) is 0 Å². The number of Topliss-reactive ketones (excluding diaryl/α,β-unsaturated/α-hetero) is 1. The van der Waals surface area contributed by atoms with Gasteiger partial charge in [-0.15, -0.1) is 0 Å². The number of aromatic nitrogens is 1. The van der Waals surface area contributed by atoms with Gasteiger partial charge in [0.25, 0.3) is 10.0 Å². The maximum Gasteiger partial charge on any atom is 0.282 e. The van der Waals surface area contributed by atoms with Gasteiger partial charge in [0, 0.05) is 19.3 Å². The van der Waals surface area contributed by atoms with Gasteiger partial charge in [-0.2, -0.15) is 8.42 Å². The van der Waals surface area contributed by atoms with Crippen LogP contribution >= 0.6 is 0 Å². The molecule has 1 aromatic heterocycles. The number of hydrogen-bond acceptors (Lipinski definition) is 6. The van der Waals surface area contributed by atoms with Gasteiger partial charge in [-0.05, 0) is 74.6 Å². The first kappa shape index (κ1) is 24.7. The Bertz CT molecular complexity index is 1140. The van der Waals surface area contributed by atoms with Crippen molar-refractivity contribution in [1.29, 1.82) is 0 Å². The van der Waals surface area contributed by atoms with E-state index in [0.717, 1.165) is 37.7 Å². The van der Waals surface area contributed by atoms with Crippen LogP contribution in [0, 0.1) is 5.92 Å². The van der Waals surface area contributed by atoms with E-state index < -0.39 is 10.0 Å². The molecule has 0 saturated carbocycles. The van der Waals surface area contributed by atoms with Crippen LogP contribution < -0.4 is 9.04 Å². The van der Waals surface area contributed by atoms with Crippen LogP contribution in [0.2, 0.25) is 0 Å². The van der Waals surface area contributed by atoms with Crippen molar-refractivity contribution in [2.75, 3.05) is 24.1 Å². The van der Waals surface area contributed by atoms with E-state index in [-0.39, 0.29) is 22.4 Å². The minimum absolute atomic E-state index is 0.123. The summed E-state index contributed by atoms with van der Waals surface area (Å²) in [6.07, 6.45) is 6.38. The zero-order valence-corrected chi connectivity index (χ0v) is 21.1. The summed E-state index contributed by atoms with van der Waals surface area (Å²) in [6.45, 7) is 7.38. The Morgan fingerprint density at radius 2 is 1.94 bits per heavy atom. The maximum atomic E-state index is 13.9. The lowest BCUT2D eigenvalue weighted by molar-refractivity contribution is 0.0494. The minimum atomic E-state index is -3.97. The topological polar surface area (TPSA) is 85.8 Å². The third kappa shape index (κ3) is 4.98. The lowest BCUT2D eigenvalue weighted by Gasteiger charge is -2.37. The number of anilines is 1. The highest BCUT2D eigenvalue weighted by atomic mass is 32.2. The standard InChI is InChI=1S/C26H34N2O5S/c1-4-19-6-9-24-21(14-19)7-8-22(5-2)28(24)34(30,31)26-15-23(18(3)29)25(16-27-26)33-17-20-10-12-32-13-11-20/h6,9,14-16,20,22H,4-5,7-8,10-13,17H2,1-3H3. The molecule has 2 aliphatic heterocycles. The number of nitrogens with zero attached hydrogens (tertiary/aromatic N) is 2. The van der Waals surface area contributed by atoms with Crippen molar-refractivity contribution in [2.45, 2.75) is 70.4 Å². The number of carbonyl (C=O) groups is 1. The van der Waals surface area contributed by atoms with Crippen LogP contribution in [0.1, 0.15) is 67.9 Å². The second-order valence-corrected chi connectivity index (χ2v) is 10.9. The number of aryl methyl sites for hydroxylation is 2. The van der Waals surface area contributed by atoms with Gasteiger partial charge in [0.05, 0.1) is 24.1 Å². The van der Waals surface area contributed by atoms with Gasteiger partial charge in [-0.25, -0.2) is 4.98 Å². The number of sulfonamides is 1. The Labute approximate surface area is 202 Å². The van der Waals surface area contributed by atoms with Gasteiger partial charge in [0.15, 0.2) is 10.8 Å². The molecule has 7 nitrogen and oxygen atoms in total. The van der Waals surface area contributed by atoms with Gasteiger partial charge in [0.1, 0.15) is 5.75 Å². The number of fused-ring (bicyclic) bond motifs is 1. The fraction of sp³-hybridized carbons (Fsp3) is 0.538. The summed E-state index contributed by atoms with van der Waals surface area (Å²) in [7, 11) is -3.97. The molecule has 0 N–H and O–H groups in total. The molecule has 3 heterocycles. The normalized spacial score (nSPS) is 19.0. The molecule has 0 radical (unpaired) electrons. The number of benzene rings is 1. The van der Waals surface area contributed by atoms with Crippen molar-refractivity contribution in [1.82, 2.24) is 4.98 Å². The van der Waals surface area contributed by atoms with Crippen molar-refractivity contribution < 1.29 is 22.7 Å². The molecule has 1 aromatic carbocycles. The van der Waals surface area contributed by atoms with Crippen LogP contribution in [0.4, 0.5) is 5.69 Å². The van der Waals surface area contributed by atoms with E-state index in [2.05, 4.69) is 18.0 Å². The first-order valence-corrected chi connectivity index (χ1v) is 13.7. The van der Waals surface area contributed by atoms with Gasteiger partial charge in [0.2, 0.25) is 0 Å². The molecular formula is C26H34N2O5S. The Hall–Kier alpha value is -2.45. The van der Waals surface area contributed by atoms with E-state index in [1.54, 1.807) is 0 Å². The van der Waals surface area contributed by atoms with Gasteiger partial charge in [-0.3, -0.25) is 9.10 Å². The van der Waals surface area contributed by atoms with Crippen LogP contribution in [0.5, 0.6) is 5.75 Å². The van der Waals surface area contributed by atoms with Crippen LogP contribution in [0.25, 0.3) is 0 Å². The largest absolute Gasteiger partial charge is 0.491 e. The number of ketones is 1. The van der Waals surface area contributed by atoms with E-state index >= 15 is 0 Å². The zero-order valence-electron chi connectivity index (χ0n) is 20.2. The number of carbonyl (C=O) groups excluding carboxylic acids is 1.